The summed E-state index contributed by atoms with van der Waals surface area (Å²) in [6.07, 6.45) is 8.19. The fraction of sp³-hybridized carbons (Fsp3) is 0.444. The van der Waals surface area contributed by atoms with Gasteiger partial charge in [-0.3, -0.25) is 4.98 Å². The quantitative estimate of drug-likeness (QED) is 0.730. The lowest BCUT2D eigenvalue weighted by Gasteiger charge is -2.36. The van der Waals surface area contributed by atoms with Crippen molar-refractivity contribution in [3.8, 4) is 0 Å². The molecule has 2 amide bonds. The highest BCUT2D eigenvalue weighted by Gasteiger charge is 2.35. The van der Waals surface area contributed by atoms with Crippen LogP contribution in [0.1, 0.15) is 29.4 Å². The monoisotopic (exact) mass is 389 g/mol. The zero-order valence-electron chi connectivity index (χ0n) is 15.3. The maximum atomic E-state index is 13.1. The van der Waals surface area contributed by atoms with Crippen molar-refractivity contribution in [3.63, 3.8) is 0 Å². The molecule has 2 unspecified atom stereocenters. The van der Waals surface area contributed by atoms with Gasteiger partial charge in [0, 0.05) is 31.1 Å². The maximum Gasteiger partial charge on any atom is 0.328 e. The van der Waals surface area contributed by atoms with Gasteiger partial charge in [0.15, 0.2) is 0 Å². The Morgan fingerprint density at radius 2 is 2.22 bits per heavy atom. The van der Waals surface area contributed by atoms with Gasteiger partial charge in [0.1, 0.15) is 12.1 Å². The average Bonchev–Trinajstić information content (AvgIpc) is 3.19. The van der Waals surface area contributed by atoms with Gasteiger partial charge in [-0.15, -0.1) is 0 Å². The molecular weight excluding hydrogens is 366 g/mol. The summed E-state index contributed by atoms with van der Waals surface area (Å²) in [5, 5.41) is 2.84. The van der Waals surface area contributed by atoms with Crippen LogP contribution in [0.2, 0.25) is 0 Å². The van der Waals surface area contributed by atoms with E-state index in [-0.39, 0.29) is 12.1 Å². The Kier molecular flexibility index (Phi) is 6.33. The topological polar surface area (TPSA) is 100 Å². The van der Waals surface area contributed by atoms with Gasteiger partial charge in [-0.2, -0.15) is 11.8 Å². The molecule has 0 aliphatic carbocycles. The molecule has 0 aromatic carbocycles. The van der Waals surface area contributed by atoms with Crippen molar-refractivity contribution in [1.29, 1.82) is 0 Å². The third-order valence-corrected chi connectivity index (χ3v) is 5.25. The molecule has 1 aliphatic heterocycles. The first-order valence-corrected chi connectivity index (χ1v) is 10.1. The fourth-order valence-corrected chi connectivity index (χ4v) is 3.71. The second-order valence-electron chi connectivity index (χ2n) is 6.20. The Hall–Kier alpha value is -2.55. The van der Waals surface area contributed by atoms with Gasteiger partial charge in [-0.1, -0.05) is 0 Å². The molecule has 0 radical (unpaired) electrons. The van der Waals surface area contributed by atoms with Gasteiger partial charge < -0.3 is 19.9 Å². The van der Waals surface area contributed by atoms with Crippen molar-refractivity contribution in [2.24, 2.45) is 0 Å². The predicted molar refractivity (Wildman–Crippen MR) is 102 cm³/mol. The summed E-state index contributed by atoms with van der Waals surface area (Å²) in [5.74, 6) is 0.312. The molecule has 0 fully saturated rings. The standard InChI is InChI=1S/C18H23N5O3S/c1-26-17(24)14(6-10-27-2)22-18(25)23-9-5-13-15(21-11-20-13)16(23)12-3-7-19-8-4-12/h3-4,7-8,11,14,16H,5-6,9-10H2,1-2H3,(H,20,21)(H,22,25). The fourth-order valence-electron chi connectivity index (χ4n) is 3.24. The maximum absolute atomic E-state index is 13.1. The normalized spacial score (nSPS) is 17.1. The number of ether oxygens (including phenoxy) is 1. The molecule has 9 heteroatoms. The van der Waals surface area contributed by atoms with E-state index in [2.05, 4.69) is 20.3 Å². The second kappa shape index (κ2) is 8.90. The largest absolute Gasteiger partial charge is 0.467 e. The summed E-state index contributed by atoms with van der Waals surface area (Å²) in [6, 6.07) is 2.44. The first kappa shape index (κ1) is 19.2. The first-order valence-electron chi connectivity index (χ1n) is 8.71. The van der Waals surface area contributed by atoms with Crippen molar-refractivity contribution in [2.45, 2.75) is 24.9 Å². The van der Waals surface area contributed by atoms with Crippen LogP contribution in [0.5, 0.6) is 0 Å². The molecule has 2 aromatic rings. The molecule has 27 heavy (non-hydrogen) atoms. The number of amides is 2. The number of nitrogens with zero attached hydrogens (tertiary/aromatic N) is 3. The Bertz CT molecular complexity index is 782. The second-order valence-corrected chi connectivity index (χ2v) is 7.19. The number of hydrogen-bond acceptors (Lipinski definition) is 6. The lowest BCUT2D eigenvalue weighted by atomic mass is 9.97. The van der Waals surface area contributed by atoms with E-state index in [0.29, 0.717) is 19.4 Å². The van der Waals surface area contributed by atoms with Gasteiger partial charge in [0.05, 0.1) is 19.1 Å². The smallest absolute Gasteiger partial charge is 0.328 e. The van der Waals surface area contributed by atoms with Crippen molar-refractivity contribution in [1.82, 2.24) is 25.2 Å². The third kappa shape index (κ3) is 4.24. The molecule has 3 heterocycles. The number of nitrogens with one attached hydrogen (secondary N) is 2. The summed E-state index contributed by atoms with van der Waals surface area (Å²) in [5.41, 5.74) is 2.76. The van der Waals surface area contributed by atoms with Crippen LogP contribution in [0, 0.1) is 0 Å². The van der Waals surface area contributed by atoms with E-state index in [1.54, 1.807) is 35.4 Å². The van der Waals surface area contributed by atoms with Crippen LogP contribution in [0.25, 0.3) is 0 Å². The molecule has 1 aliphatic rings. The Labute approximate surface area is 162 Å². The van der Waals surface area contributed by atoms with Crippen molar-refractivity contribution >= 4 is 23.8 Å². The highest BCUT2D eigenvalue weighted by atomic mass is 32.2. The van der Waals surface area contributed by atoms with Gasteiger partial charge in [-0.05, 0) is 36.1 Å². The van der Waals surface area contributed by atoms with Gasteiger partial charge in [0.2, 0.25) is 0 Å². The van der Waals surface area contributed by atoms with Crippen LogP contribution in [0.15, 0.2) is 30.9 Å². The van der Waals surface area contributed by atoms with Crippen LogP contribution in [0.4, 0.5) is 4.79 Å². The van der Waals surface area contributed by atoms with Crippen molar-refractivity contribution in [2.75, 3.05) is 25.7 Å². The Balaban J connectivity index is 1.85. The molecule has 2 N–H and O–H groups in total. The third-order valence-electron chi connectivity index (χ3n) is 4.60. The zero-order valence-corrected chi connectivity index (χ0v) is 16.2. The molecule has 3 rings (SSSR count). The molecule has 0 bridgehead atoms. The molecule has 0 spiro atoms. The predicted octanol–water partition coefficient (Wildman–Crippen LogP) is 1.76. The van der Waals surface area contributed by atoms with E-state index < -0.39 is 12.0 Å². The van der Waals surface area contributed by atoms with Crippen LogP contribution >= 0.6 is 11.8 Å². The van der Waals surface area contributed by atoms with Gasteiger partial charge in [0.25, 0.3) is 0 Å². The molecule has 2 aromatic heterocycles. The summed E-state index contributed by atoms with van der Waals surface area (Å²) >= 11 is 1.62. The highest BCUT2D eigenvalue weighted by molar-refractivity contribution is 7.98. The molecule has 2 atom stereocenters. The summed E-state index contributed by atoms with van der Waals surface area (Å²) < 4.78 is 4.85. The minimum Gasteiger partial charge on any atom is -0.467 e. The van der Waals surface area contributed by atoms with Crippen LogP contribution in [-0.2, 0) is 16.0 Å². The molecule has 8 nitrogen and oxygen atoms in total. The number of aromatic amines is 1. The minimum atomic E-state index is -0.673. The van der Waals surface area contributed by atoms with Crippen LogP contribution in [-0.4, -0.2) is 63.6 Å². The van der Waals surface area contributed by atoms with Crippen LogP contribution in [0.3, 0.4) is 0 Å². The van der Waals surface area contributed by atoms with Gasteiger partial charge in [-0.25, -0.2) is 14.6 Å². The number of methoxy groups -OCH3 is 1. The number of carbonyl (C=O) groups excluding carboxylic acids is 2. The number of imidazole rings is 1. The summed E-state index contributed by atoms with van der Waals surface area (Å²) in [7, 11) is 1.33. The minimum absolute atomic E-state index is 0.304. The number of fused-ring (bicyclic) bond motifs is 1. The van der Waals surface area contributed by atoms with E-state index in [1.165, 1.54) is 7.11 Å². The van der Waals surface area contributed by atoms with Crippen molar-refractivity contribution in [3.05, 3.63) is 47.8 Å². The van der Waals surface area contributed by atoms with E-state index in [1.807, 2.05) is 18.4 Å². The number of hydrogen-bond donors (Lipinski definition) is 2. The lowest BCUT2D eigenvalue weighted by Crippen LogP contribution is -2.51. The number of rotatable bonds is 6. The molecule has 0 saturated heterocycles. The van der Waals surface area contributed by atoms with E-state index >= 15 is 0 Å². The highest BCUT2D eigenvalue weighted by Crippen LogP contribution is 2.33. The van der Waals surface area contributed by atoms with Crippen LogP contribution < -0.4 is 5.32 Å². The molecular formula is C18H23N5O3S. The molecule has 144 valence electrons. The Morgan fingerprint density at radius 1 is 1.44 bits per heavy atom. The molecule has 0 saturated carbocycles. The first-order chi connectivity index (χ1) is 13.2. The Morgan fingerprint density at radius 3 is 2.93 bits per heavy atom. The number of H-pyrrole nitrogens is 1. The lowest BCUT2D eigenvalue weighted by molar-refractivity contribution is -0.142. The van der Waals surface area contributed by atoms with E-state index in [9.17, 15) is 9.59 Å². The summed E-state index contributed by atoms with van der Waals surface area (Å²) in [4.78, 5) is 38.5. The zero-order chi connectivity index (χ0) is 19.2. The number of aromatic nitrogens is 3. The average molecular weight is 389 g/mol. The number of carbonyl (C=O) groups is 2. The number of pyridine rings is 1. The number of esters is 1. The summed E-state index contributed by atoms with van der Waals surface area (Å²) in [6.45, 7) is 0.518. The SMILES string of the molecule is COC(=O)C(CCSC)NC(=O)N1CCc2[nH]cnc2C1c1ccncc1. The van der Waals surface area contributed by atoms with Gasteiger partial charge >= 0.3 is 12.0 Å². The van der Waals surface area contributed by atoms with E-state index in [0.717, 1.165) is 22.7 Å². The number of thioether (sulfide) groups is 1. The van der Waals surface area contributed by atoms with Crippen molar-refractivity contribution < 1.29 is 14.3 Å². The van der Waals surface area contributed by atoms with E-state index in [4.69, 9.17) is 4.74 Å². The number of urea groups is 1.